The molecule has 1 heterocycles. The molecule has 1 aromatic carbocycles. The lowest BCUT2D eigenvalue weighted by Gasteiger charge is -2.17. The van der Waals surface area contributed by atoms with Gasteiger partial charge in [-0.3, -0.25) is 11.3 Å². The predicted molar refractivity (Wildman–Crippen MR) is 74.9 cm³/mol. The average molecular weight is 260 g/mol. The summed E-state index contributed by atoms with van der Waals surface area (Å²) in [5.74, 6) is 7.44. The van der Waals surface area contributed by atoms with Crippen LogP contribution in [0.25, 0.3) is 0 Å². The number of furan rings is 1. The van der Waals surface area contributed by atoms with Crippen LogP contribution in [0.5, 0.6) is 5.75 Å². The molecule has 1 unspecified atom stereocenters. The van der Waals surface area contributed by atoms with Crippen LogP contribution in [0.4, 0.5) is 0 Å². The molecule has 0 radical (unpaired) electrons. The highest BCUT2D eigenvalue weighted by Crippen LogP contribution is 2.27. The lowest BCUT2D eigenvalue weighted by molar-refractivity contribution is 0.405. The van der Waals surface area contributed by atoms with Crippen molar-refractivity contribution < 1.29 is 9.15 Å². The van der Waals surface area contributed by atoms with E-state index in [9.17, 15) is 0 Å². The molecule has 0 aliphatic heterocycles. The van der Waals surface area contributed by atoms with Crippen molar-refractivity contribution in [3.05, 3.63) is 53.0 Å². The smallest absolute Gasteiger partial charge is 0.122 e. The number of benzene rings is 1. The Morgan fingerprint density at radius 1 is 1.32 bits per heavy atom. The number of aryl methyl sites for hydroxylation is 2. The van der Waals surface area contributed by atoms with Gasteiger partial charge in [0.2, 0.25) is 0 Å². The molecule has 102 valence electrons. The molecular weight excluding hydrogens is 240 g/mol. The highest BCUT2D eigenvalue weighted by atomic mass is 16.5. The molecule has 1 aromatic heterocycles. The maximum absolute atomic E-state index is 5.68. The number of nitrogens with one attached hydrogen (secondary N) is 1. The van der Waals surface area contributed by atoms with Crippen LogP contribution in [-0.4, -0.2) is 7.11 Å². The molecule has 1 atom stereocenters. The fourth-order valence-corrected chi connectivity index (χ4v) is 2.30. The molecule has 0 aliphatic rings. The molecule has 0 bridgehead atoms. The van der Waals surface area contributed by atoms with Gasteiger partial charge in [0.05, 0.1) is 19.4 Å². The van der Waals surface area contributed by atoms with E-state index in [4.69, 9.17) is 15.0 Å². The zero-order chi connectivity index (χ0) is 13.8. The molecule has 19 heavy (non-hydrogen) atoms. The fraction of sp³-hybridized carbons (Fsp3) is 0.333. The molecule has 4 heteroatoms. The minimum absolute atomic E-state index is 0.00875. The summed E-state index contributed by atoms with van der Waals surface area (Å²) in [6.07, 6.45) is 2.43. The van der Waals surface area contributed by atoms with Crippen LogP contribution in [0.3, 0.4) is 0 Å². The van der Waals surface area contributed by atoms with Crippen LogP contribution in [0.1, 0.15) is 28.5 Å². The first-order valence-corrected chi connectivity index (χ1v) is 6.29. The minimum Gasteiger partial charge on any atom is -0.496 e. The Bertz CT molecular complexity index is 549. The van der Waals surface area contributed by atoms with Gasteiger partial charge in [-0.15, -0.1) is 0 Å². The third-order valence-corrected chi connectivity index (χ3v) is 3.34. The van der Waals surface area contributed by atoms with Crippen LogP contribution in [-0.2, 0) is 6.42 Å². The Hall–Kier alpha value is -1.78. The molecule has 0 aliphatic carbocycles. The highest BCUT2D eigenvalue weighted by Gasteiger charge is 2.17. The van der Waals surface area contributed by atoms with Crippen LogP contribution in [0, 0.1) is 13.8 Å². The Balaban J connectivity index is 2.28. The van der Waals surface area contributed by atoms with Crippen molar-refractivity contribution in [3.8, 4) is 5.75 Å². The maximum atomic E-state index is 5.68. The summed E-state index contributed by atoms with van der Waals surface area (Å²) in [6, 6.07) is 8.10. The van der Waals surface area contributed by atoms with E-state index in [1.165, 1.54) is 5.56 Å². The summed E-state index contributed by atoms with van der Waals surface area (Å²) in [5, 5.41) is 0. The summed E-state index contributed by atoms with van der Waals surface area (Å²) in [5.41, 5.74) is 6.26. The van der Waals surface area contributed by atoms with E-state index in [1.54, 1.807) is 13.4 Å². The topological polar surface area (TPSA) is 60.4 Å². The molecule has 0 saturated heterocycles. The van der Waals surface area contributed by atoms with Gasteiger partial charge in [-0.25, -0.2) is 0 Å². The first kappa shape index (κ1) is 13.6. The minimum atomic E-state index is 0.00875. The van der Waals surface area contributed by atoms with Crippen molar-refractivity contribution in [2.75, 3.05) is 7.11 Å². The number of rotatable bonds is 5. The lowest BCUT2D eigenvalue weighted by atomic mass is 9.98. The van der Waals surface area contributed by atoms with Gasteiger partial charge in [0.15, 0.2) is 0 Å². The second kappa shape index (κ2) is 5.91. The van der Waals surface area contributed by atoms with Gasteiger partial charge < -0.3 is 9.15 Å². The van der Waals surface area contributed by atoms with E-state index in [1.807, 2.05) is 25.1 Å². The van der Waals surface area contributed by atoms with Gasteiger partial charge in [-0.2, -0.15) is 0 Å². The molecule has 2 rings (SSSR count). The molecule has 0 saturated carbocycles. The third-order valence-electron chi connectivity index (χ3n) is 3.34. The second-order valence-corrected chi connectivity index (χ2v) is 4.67. The summed E-state index contributed by atoms with van der Waals surface area (Å²) in [6.45, 7) is 4.00. The quantitative estimate of drug-likeness (QED) is 0.641. The lowest BCUT2D eigenvalue weighted by Crippen LogP contribution is -2.29. The van der Waals surface area contributed by atoms with Gasteiger partial charge in [0, 0.05) is 5.56 Å². The van der Waals surface area contributed by atoms with Crippen molar-refractivity contribution in [1.29, 1.82) is 0 Å². The molecule has 2 aromatic rings. The Morgan fingerprint density at radius 2 is 2.11 bits per heavy atom. The van der Waals surface area contributed by atoms with E-state index < -0.39 is 0 Å². The Labute approximate surface area is 113 Å². The Kier molecular flexibility index (Phi) is 4.24. The van der Waals surface area contributed by atoms with E-state index in [0.717, 1.165) is 29.1 Å². The highest BCUT2D eigenvalue weighted by molar-refractivity contribution is 5.38. The average Bonchev–Trinajstić information content (AvgIpc) is 2.82. The summed E-state index contributed by atoms with van der Waals surface area (Å²) in [7, 11) is 1.68. The van der Waals surface area contributed by atoms with Crippen LogP contribution >= 0.6 is 0 Å². The van der Waals surface area contributed by atoms with E-state index >= 15 is 0 Å². The number of nitrogens with two attached hydrogens (primary N) is 1. The number of hydrazine groups is 1. The van der Waals surface area contributed by atoms with Crippen molar-refractivity contribution in [2.45, 2.75) is 26.3 Å². The van der Waals surface area contributed by atoms with Crippen molar-refractivity contribution in [3.63, 3.8) is 0 Å². The van der Waals surface area contributed by atoms with Crippen LogP contribution in [0.2, 0.25) is 0 Å². The van der Waals surface area contributed by atoms with Crippen molar-refractivity contribution in [1.82, 2.24) is 5.43 Å². The summed E-state index contributed by atoms with van der Waals surface area (Å²) in [4.78, 5) is 0. The standard InChI is InChI=1S/C15H20N2O2/c1-10-4-5-15(18-3)12(8-10)9-14(17-16)13-6-7-19-11(13)2/h4-8,14,17H,9,16H2,1-3H3. The molecule has 0 fully saturated rings. The Morgan fingerprint density at radius 3 is 2.68 bits per heavy atom. The normalized spacial score (nSPS) is 12.4. The molecule has 4 nitrogen and oxygen atoms in total. The van der Waals surface area contributed by atoms with Gasteiger partial charge >= 0.3 is 0 Å². The summed E-state index contributed by atoms with van der Waals surface area (Å²) >= 11 is 0. The maximum Gasteiger partial charge on any atom is 0.122 e. The first-order chi connectivity index (χ1) is 9.15. The van der Waals surface area contributed by atoms with Gasteiger partial charge in [-0.1, -0.05) is 17.7 Å². The van der Waals surface area contributed by atoms with Crippen molar-refractivity contribution in [2.24, 2.45) is 5.84 Å². The first-order valence-electron chi connectivity index (χ1n) is 6.29. The third kappa shape index (κ3) is 2.97. The van der Waals surface area contributed by atoms with Crippen LogP contribution < -0.4 is 16.0 Å². The largest absolute Gasteiger partial charge is 0.496 e. The predicted octanol–water partition coefficient (Wildman–Crippen LogP) is 2.65. The molecule has 0 amide bonds. The summed E-state index contributed by atoms with van der Waals surface area (Å²) < 4.78 is 10.7. The molecule has 0 spiro atoms. The monoisotopic (exact) mass is 260 g/mol. The SMILES string of the molecule is COc1ccc(C)cc1CC(NN)c1ccoc1C. The van der Waals surface area contributed by atoms with Gasteiger partial charge in [-0.05, 0) is 38.0 Å². The molecular formula is C15H20N2O2. The van der Waals surface area contributed by atoms with Crippen molar-refractivity contribution >= 4 is 0 Å². The van der Waals surface area contributed by atoms with E-state index in [2.05, 4.69) is 18.4 Å². The zero-order valence-corrected chi connectivity index (χ0v) is 11.6. The number of hydrogen-bond donors (Lipinski definition) is 2. The molecule has 3 N–H and O–H groups in total. The van der Waals surface area contributed by atoms with Gasteiger partial charge in [0.25, 0.3) is 0 Å². The van der Waals surface area contributed by atoms with Crippen LogP contribution in [0.15, 0.2) is 34.9 Å². The number of ether oxygens (including phenoxy) is 1. The fourth-order valence-electron chi connectivity index (χ4n) is 2.30. The van der Waals surface area contributed by atoms with E-state index in [-0.39, 0.29) is 6.04 Å². The second-order valence-electron chi connectivity index (χ2n) is 4.67. The number of hydrogen-bond acceptors (Lipinski definition) is 4. The zero-order valence-electron chi connectivity index (χ0n) is 11.6. The number of methoxy groups -OCH3 is 1. The van der Waals surface area contributed by atoms with Gasteiger partial charge in [0.1, 0.15) is 11.5 Å². The van der Waals surface area contributed by atoms with E-state index in [0.29, 0.717) is 0 Å².